The molecule has 0 spiro atoms. The molecule has 0 atom stereocenters. The number of hydrogen-bond acceptors (Lipinski definition) is 8. The molecule has 2 aliphatic rings. The van der Waals surface area contributed by atoms with Crippen molar-refractivity contribution >= 4 is 43.2 Å². The number of benzene rings is 2. The van der Waals surface area contributed by atoms with Crippen LogP contribution in [0, 0.1) is 0 Å². The molecule has 2 heterocycles. The molecule has 4 rings (SSSR count). The van der Waals surface area contributed by atoms with Gasteiger partial charge < -0.3 is 19.7 Å². The molecule has 14 heteroatoms. The van der Waals surface area contributed by atoms with Gasteiger partial charge in [-0.3, -0.25) is 13.9 Å². The molecule has 2 saturated heterocycles. The fraction of sp³-hybridized carbons (Fsp3) is 0.417. The Labute approximate surface area is 222 Å². The maximum atomic E-state index is 13.0. The van der Waals surface area contributed by atoms with Gasteiger partial charge >= 0.3 is 0 Å². The predicted octanol–water partition coefficient (Wildman–Crippen LogP) is 0.585. The van der Waals surface area contributed by atoms with Crippen LogP contribution in [0.3, 0.4) is 0 Å². The molecule has 206 valence electrons. The Morgan fingerprint density at radius 3 is 2.05 bits per heavy atom. The van der Waals surface area contributed by atoms with Crippen LogP contribution in [0.5, 0.6) is 0 Å². The van der Waals surface area contributed by atoms with E-state index in [9.17, 15) is 26.4 Å². The van der Waals surface area contributed by atoms with E-state index in [0.717, 1.165) is 10.6 Å². The Bertz CT molecular complexity index is 1370. The highest BCUT2D eigenvalue weighted by molar-refractivity contribution is 7.92. The molecule has 2 aromatic rings. The first kappa shape index (κ1) is 28.0. The van der Waals surface area contributed by atoms with Gasteiger partial charge in [0.15, 0.2) is 0 Å². The van der Waals surface area contributed by atoms with Crippen molar-refractivity contribution in [1.29, 1.82) is 0 Å². The molecule has 0 aromatic heterocycles. The number of para-hydroxylation sites is 1. The lowest BCUT2D eigenvalue weighted by Gasteiger charge is -2.28. The second-order valence-electron chi connectivity index (χ2n) is 8.78. The summed E-state index contributed by atoms with van der Waals surface area (Å²) in [4.78, 5) is 27.6. The standard InChI is InChI=1S/C24H30N4O8S2/c1-37(31,32)28(19-6-8-20(9-7-19)38(33,34)27-12-16-36-17-13-27)18-23(29)25-22-5-3-2-4-21(22)24(30)26-10-14-35-15-11-26/h2-9H,10-18H2,1H3,(H,25,29). The number of rotatable bonds is 8. The highest BCUT2D eigenvalue weighted by atomic mass is 32.2. The fourth-order valence-corrected chi connectivity index (χ4v) is 6.42. The predicted molar refractivity (Wildman–Crippen MR) is 140 cm³/mol. The third-order valence-corrected chi connectivity index (χ3v) is 9.20. The van der Waals surface area contributed by atoms with Crippen molar-refractivity contribution in [2.45, 2.75) is 4.90 Å². The lowest BCUT2D eigenvalue weighted by atomic mass is 10.1. The lowest BCUT2D eigenvalue weighted by Crippen LogP contribution is -2.41. The first-order chi connectivity index (χ1) is 18.1. The van der Waals surface area contributed by atoms with E-state index in [1.54, 1.807) is 29.2 Å². The van der Waals surface area contributed by atoms with Gasteiger partial charge in [-0.1, -0.05) is 12.1 Å². The Morgan fingerprint density at radius 1 is 0.868 bits per heavy atom. The van der Waals surface area contributed by atoms with Gasteiger partial charge in [0, 0.05) is 26.2 Å². The molecule has 1 N–H and O–H groups in total. The first-order valence-electron chi connectivity index (χ1n) is 12.0. The summed E-state index contributed by atoms with van der Waals surface area (Å²) in [5.41, 5.74) is 0.668. The zero-order valence-corrected chi connectivity index (χ0v) is 22.5. The monoisotopic (exact) mass is 566 g/mol. The topological polar surface area (TPSA) is 143 Å². The van der Waals surface area contributed by atoms with Crippen LogP contribution < -0.4 is 9.62 Å². The van der Waals surface area contributed by atoms with Gasteiger partial charge in [0.1, 0.15) is 6.54 Å². The summed E-state index contributed by atoms with van der Waals surface area (Å²) in [6, 6.07) is 11.8. The van der Waals surface area contributed by atoms with Gasteiger partial charge in [-0.05, 0) is 36.4 Å². The minimum atomic E-state index is -3.91. The molecule has 0 radical (unpaired) electrons. The minimum Gasteiger partial charge on any atom is -0.379 e. The molecule has 2 aromatic carbocycles. The molecule has 38 heavy (non-hydrogen) atoms. The summed E-state index contributed by atoms with van der Waals surface area (Å²) in [6.07, 6.45) is 0.953. The number of nitrogens with one attached hydrogen (secondary N) is 1. The van der Waals surface area contributed by atoms with Crippen molar-refractivity contribution in [2.75, 3.05) is 75.0 Å². The highest BCUT2D eigenvalue weighted by Crippen LogP contribution is 2.24. The van der Waals surface area contributed by atoms with Crippen LogP contribution in [0.15, 0.2) is 53.4 Å². The molecule has 12 nitrogen and oxygen atoms in total. The molecule has 2 aliphatic heterocycles. The summed E-state index contributed by atoms with van der Waals surface area (Å²) in [5.74, 6) is -0.927. The number of nitrogens with zero attached hydrogens (tertiary/aromatic N) is 3. The normalized spacial score (nSPS) is 17.1. The molecular weight excluding hydrogens is 536 g/mol. The van der Waals surface area contributed by atoms with Crippen LogP contribution in [0.25, 0.3) is 0 Å². The Balaban J connectivity index is 1.50. The van der Waals surface area contributed by atoms with Crippen molar-refractivity contribution < 1.29 is 35.9 Å². The number of ether oxygens (including phenoxy) is 2. The molecule has 0 saturated carbocycles. The van der Waals surface area contributed by atoms with E-state index in [-0.39, 0.29) is 40.8 Å². The molecular formula is C24H30N4O8S2. The van der Waals surface area contributed by atoms with Gasteiger partial charge in [0.2, 0.25) is 26.0 Å². The second-order valence-corrected chi connectivity index (χ2v) is 12.6. The maximum Gasteiger partial charge on any atom is 0.256 e. The number of morpholine rings is 2. The summed E-state index contributed by atoms with van der Waals surface area (Å²) in [7, 11) is -7.67. The van der Waals surface area contributed by atoms with Gasteiger partial charge in [-0.15, -0.1) is 0 Å². The third kappa shape index (κ3) is 6.50. The van der Waals surface area contributed by atoms with Crippen LogP contribution in [-0.2, 0) is 34.3 Å². The fourth-order valence-electron chi connectivity index (χ4n) is 4.16. The highest BCUT2D eigenvalue weighted by Gasteiger charge is 2.28. The Hall–Kier alpha value is -3.04. The molecule has 2 amide bonds. The lowest BCUT2D eigenvalue weighted by molar-refractivity contribution is -0.114. The third-order valence-electron chi connectivity index (χ3n) is 6.15. The molecule has 0 unspecified atom stereocenters. The molecule has 0 bridgehead atoms. The van der Waals surface area contributed by atoms with Crippen molar-refractivity contribution in [2.24, 2.45) is 0 Å². The quantitative estimate of drug-likeness (QED) is 0.489. The second kappa shape index (κ2) is 11.8. The minimum absolute atomic E-state index is 0.0107. The van der Waals surface area contributed by atoms with Crippen LogP contribution in [0.2, 0.25) is 0 Å². The van der Waals surface area contributed by atoms with Gasteiger partial charge in [0.25, 0.3) is 5.91 Å². The van der Waals surface area contributed by atoms with E-state index in [0.29, 0.717) is 39.5 Å². The van der Waals surface area contributed by atoms with E-state index < -0.39 is 32.5 Å². The SMILES string of the molecule is CS(=O)(=O)N(CC(=O)Nc1ccccc1C(=O)N1CCOCC1)c1ccc(S(=O)(=O)N2CCOCC2)cc1. The number of amides is 2. The maximum absolute atomic E-state index is 13.0. The average molecular weight is 567 g/mol. The number of anilines is 2. The molecule has 2 fully saturated rings. The van der Waals surface area contributed by atoms with E-state index >= 15 is 0 Å². The van der Waals surface area contributed by atoms with Crippen LogP contribution in [0.1, 0.15) is 10.4 Å². The van der Waals surface area contributed by atoms with Gasteiger partial charge in [0.05, 0.1) is 54.5 Å². The van der Waals surface area contributed by atoms with Gasteiger partial charge in [-0.25, -0.2) is 16.8 Å². The Morgan fingerprint density at radius 2 is 1.45 bits per heavy atom. The van der Waals surface area contributed by atoms with Crippen LogP contribution in [0.4, 0.5) is 11.4 Å². The zero-order valence-electron chi connectivity index (χ0n) is 20.9. The summed E-state index contributed by atoms with van der Waals surface area (Å²) < 4.78 is 63.6. The van der Waals surface area contributed by atoms with E-state index in [1.807, 2.05) is 0 Å². The summed E-state index contributed by atoms with van der Waals surface area (Å²) in [5, 5.41) is 2.64. The van der Waals surface area contributed by atoms with Crippen molar-refractivity contribution in [1.82, 2.24) is 9.21 Å². The zero-order chi connectivity index (χ0) is 27.3. The van der Waals surface area contributed by atoms with E-state index in [2.05, 4.69) is 5.32 Å². The van der Waals surface area contributed by atoms with Gasteiger partial charge in [-0.2, -0.15) is 4.31 Å². The van der Waals surface area contributed by atoms with Crippen molar-refractivity contribution in [3.63, 3.8) is 0 Å². The van der Waals surface area contributed by atoms with E-state index in [4.69, 9.17) is 9.47 Å². The number of sulfonamides is 2. The van der Waals surface area contributed by atoms with E-state index in [1.165, 1.54) is 28.6 Å². The summed E-state index contributed by atoms with van der Waals surface area (Å²) >= 11 is 0. The largest absolute Gasteiger partial charge is 0.379 e. The number of carbonyl (C=O) groups is 2. The smallest absolute Gasteiger partial charge is 0.256 e. The average Bonchev–Trinajstić information content (AvgIpc) is 2.92. The molecule has 0 aliphatic carbocycles. The van der Waals surface area contributed by atoms with Crippen molar-refractivity contribution in [3.05, 3.63) is 54.1 Å². The number of hydrogen-bond donors (Lipinski definition) is 1. The summed E-state index contributed by atoms with van der Waals surface area (Å²) in [6.45, 7) is 2.20. The van der Waals surface area contributed by atoms with Crippen molar-refractivity contribution in [3.8, 4) is 0 Å². The van der Waals surface area contributed by atoms with Crippen LogP contribution in [-0.4, -0.2) is 103 Å². The Kier molecular flexibility index (Phi) is 8.67. The first-order valence-corrected chi connectivity index (χ1v) is 15.3. The number of carbonyl (C=O) groups excluding carboxylic acids is 2. The van der Waals surface area contributed by atoms with Crippen LogP contribution >= 0.6 is 0 Å².